The minimum atomic E-state index is -0.567. The molecule has 12 nitrogen and oxygen atoms in total. The molecular weight excluding hydrogens is 645 g/mol. The van der Waals surface area contributed by atoms with Crippen LogP contribution in [-0.2, 0) is 16.0 Å². The number of carbonyl (C=O) groups excluding carboxylic acids is 3. The Bertz CT molecular complexity index is 1630. The van der Waals surface area contributed by atoms with Gasteiger partial charge in [-0.05, 0) is 30.2 Å². The number of nitrogens with zero attached hydrogens (tertiary/aromatic N) is 5. The van der Waals surface area contributed by atoms with Gasteiger partial charge in [-0.3, -0.25) is 19.4 Å². The molecule has 0 unspecified atom stereocenters. The van der Waals surface area contributed by atoms with Gasteiger partial charge in [-0.25, -0.2) is 14.8 Å². The Hall–Kier alpha value is -4.65. The molecule has 0 spiro atoms. The van der Waals surface area contributed by atoms with Crippen LogP contribution in [0, 0.1) is 6.92 Å². The summed E-state index contributed by atoms with van der Waals surface area (Å²) in [5.41, 5.74) is 2.51. The SMILES string of the molecule is C=CC(=O)Cc1cccc(C)c1Nc1cc(N(CCN2CCN(C(=O)C=C)CC2)C(=O)Nc2c(Cl)c(OC)cc(OC)c2Cl)ncn1. The molecule has 1 saturated heterocycles. The molecular formula is C33H37Cl2N7O5. The molecule has 3 aromatic rings. The first-order valence-electron chi connectivity index (χ1n) is 14.7. The van der Waals surface area contributed by atoms with Crippen molar-refractivity contribution in [3.8, 4) is 11.5 Å². The summed E-state index contributed by atoms with van der Waals surface area (Å²) in [6, 6.07) is 8.25. The van der Waals surface area contributed by atoms with Gasteiger partial charge in [-0.2, -0.15) is 0 Å². The molecule has 0 saturated carbocycles. The summed E-state index contributed by atoms with van der Waals surface area (Å²) in [4.78, 5) is 52.4. The van der Waals surface area contributed by atoms with Crippen molar-refractivity contribution in [3.63, 3.8) is 0 Å². The van der Waals surface area contributed by atoms with Crippen molar-refractivity contribution in [2.24, 2.45) is 0 Å². The number of ether oxygens (including phenoxy) is 2. The molecule has 1 aliphatic heterocycles. The molecule has 47 heavy (non-hydrogen) atoms. The van der Waals surface area contributed by atoms with Crippen LogP contribution in [0.5, 0.6) is 11.5 Å². The first-order chi connectivity index (χ1) is 22.6. The maximum atomic E-state index is 14.0. The fourth-order valence-electron chi connectivity index (χ4n) is 5.06. The highest BCUT2D eigenvalue weighted by Crippen LogP contribution is 2.44. The largest absolute Gasteiger partial charge is 0.495 e. The molecule has 0 bridgehead atoms. The summed E-state index contributed by atoms with van der Waals surface area (Å²) in [7, 11) is 2.88. The zero-order valence-corrected chi connectivity index (χ0v) is 28.0. The van der Waals surface area contributed by atoms with Gasteiger partial charge in [0.2, 0.25) is 5.91 Å². The van der Waals surface area contributed by atoms with Crippen molar-refractivity contribution < 1.29 is 23.9 Å². The maximum absolute atomic E-state index is 14.0. The minimum absolute atomic E-state index is 0.0980. The average molecular weight is 683 g/mol. The van der Waals surface area contributed by atoms with Gasteiger partial charge in [0.1, 0.15) is 39.5 Å². The predicted molar refractivity (Wildman–Crippen MR) is 185 cm³/mol. The van der Waals surface area contributed by atoms with E-state index >= 15 is 0 Å². The van der Waals surface area contributed by atoms with Crippen molar-refractivity contribution >= 4 is 63.9 Å². The number of aromatic nitrogens is 2. The third-order valence-corrected chi connectivity index (χ3v) is 8.43. The number of allylic oxidation sites excluding steroid dienone is 1. The van der Waals surface area contributed by atoms with E-state index < -0.39 is 6.03 Å². The normalized spacial score (nSPS) is 13.0. The molecule has 4 rings (SSSR count). The van der Waals surface area contributed by atoms with E-state index in [-0.39, 0.29) is 51.9 Å². The summed E-state index contributed by atoms with van der Waals surface area (Å²) in [6.45, 7) is 12.1. The van der Waals surface area contributed by atoms with Crippen LogP contribution >= 0.6 is 23.2 Å². The number of halogens is 2. The molecule has 2 aromatic carbocycles. The first-order valence-corrected chi connectivity index (χ1v) is 15.5. The number of rotatable bonds is 13. The maximum Gasteiger partial charge on any atom is 0.327 e. The van der Waals surface area contributed by atoms with E-state index in [1.165, 1.54) is 43.7 Å². The summed E-state index contributed by atoms with van der Waals surface area (Å²) in [5, 5.41) is 6.31. The Kier molecular flexibility index (Phi) is 12.2. The van der Waals surface area contributed by atoms with Gasteiger partial charge < -0.3 is 25.0 Å². The smallest absolute Gasteiger partial charge is 0.327 e. The number of piperazine rings is 1. The molecule has 0 atom stereocenters. The lowest BCUT2D eigenvalue weighted by molar-refractivity contribution is -0.127. The third kappa shape index (κ3) is 8.59. The second-order valence-electron chi connectivity index (χ2n) is 10.6. The van der Waals surface area contributed by atoms with E-state index in [0.29, 0.717) is 44.4 Å². The molecule has 2 heterocycles. The van der Waals surface area contributed by atoms with E-state index in [2.05, 4.69) is 38.7 Å². The predicted octanol–water partition coefficient (Wildman–Crippen LogP) is 5.52. The molecule has 0 radical (unpaired) electrons. The number of ketones is 1. The number of methoxy groups -OCH3 is 2. The average Bonchev–Trinajstić information content (AvgIpc) is 3.08. The Balaban J connectivity index is 1.64. The van der Waals surface area contributed by atoms with Crippen LogP contribution in [0.15, 0.2) is 62.0 Å². The van der Waals surface area contributed by atoms with Crippen molar-refractivity contribution in [2.75, 3.05) is 69.0 Å². The van der Waals surface area contributed by atoms with Gasteiger partial charge in [0.05, 0.1) is 19.9 Å². The van der Waals surface area contributed by atoms with Crippen LogP contribution < -0.4 is 25.0 Å². The number of para-hydroxylation sites is 1. The van der Waals surface area contributed by atoms with Gasteiger partial charge in [-0.15, -0.1) is 0 Å². The van der Waals surface area contributed by atoms with E-state index in [4.69, 9.17) is 32.7 Å². The number of anilines is 4. The lowest BCUT2D eigenvalue weighted by Gasteiger charge is -2.35. The minimum Gasteiger partial charge on any atom is -0.495 e. The molecule has 1 aromatic heterocycles. The van der Waals surface area contributed by atoms with E-state index in [1.807, 2.05) is 25.1 Å². The zero-order chi connectivity index (χ0) is 34.1. The highest BCUT2D eigenvalue weighted by atomic mass is 35.5. The van der Waals surface area contributed by atoms with Crippen molar-refractivity contribution in [3.05, 3.63) is 83.1 Å². The Morgan fingerprint density at radius 3 is 2.28 bits per heavy atom. The number of amides is 3. The number of carbonyl (C=O) groups is 3. The van der Waals surface area contributed by atoms with Crippen molar-refractivity contribution in [2.45, 2.75) is 13.3 Å². The zero-order valence-electron chi connectivity index (χ0n) is 26.5. The highest BCUT2D eigenvalue weighted by Gasteiger charge is 2.26. The number of hydrogen-bond donors (Lipinski definition) is 2. The van der Waals surface area contributed by atoms with Crippen LogP contribution in [0.1, 0.15) is 11.1 Å². The Morgan fingerprint density at radius 1 is 0.979 bits per heavy atom. The summed E-state index contributed by atoms with van der Waals surface area (Å²) in [5.74, 6) is 0.995. The van der Waals surface area contributed by atoms with E-state index in [1.54, 1.807) is 11.0 Å². The fourth-order valence-corrected chi connectivity index (χ4v) is 5.65. The van der Waals surface area contributed by atoms with Gasteiger partial charge in [-0.1, -0.05) is 54.6 Å². The quantitative estimate of drug-likeness (QED) is 0.224. The number of nitrogens with one attached hydrogen (secondary N) is 2. The van der Waals surface area contributed by atoms with Gasteiger partial charge in [0.15, 0.2) is 5.78 Å². The number of urea groups is 1. The Labute approximate surface area is 284 Å². The highest BCUT2D eigenvalue weighted by molar-refractivity contribution is 6.41. The van der Waals surface area contributed by atoms with Crippen LogP contribution in [0.2, 0.25) is 10.0 Å². The molecule has 1 fully saturated rings. The Morgan fingerprint density at radius 2 is 1.66 bits per heavy atom. The lowest BCUT2D eigenvalue weighted by Crippen LogP contribution is -2.50. The van der Waals surface area contributed by atoms with Crippen LogP contribution in [0.3, 0.4) is 0 Å². The third-order valence-electron chi connectivity index (χ3n) is 7.68. The number of hydrogen-bond acceptors (Lipinski definition) is 9. The second kappa shape index (κ2) is 16.3. The topological polar surface area (TPSA) is 129 Å². The standard InChI is InChI=1S/C33H37Cl2N7O5/c1-6-23(43)17-22-10-8-9-21(3)31(22)38-26-19-27(37-20-36-26)42(16-13-40-11-14-41(15-12-40)28(44)7-2)33(45)39-32-29(34)24(46-4)18-25(47-5)30(32)35/h6-10,18-20H,1-2,11-17H2,3-5H3,(H,39,45)(H,36,37,38). The van der Waals surface area contributed by atoms with Crippen LogP contribution in [0.4, 0.5) is 27.8 Å². The number of aryl methyl sites for hydroxylation is 1. The van der Waals surface area contributed by atoms with Crippen molar-refractivity contribution in [1.82, 2.24) is 19.8 Å². The molecule has 14 heteroatoms. The van der Waals surface area contributed by atoms with E-state index in [9.17, 15) is 14.4 Å². The van der Waals surface area contributed by atoms with Crippen molar-refractivity contribution in [1.29, 1.82) is 0 Å². The molecule has 3 amide bonds. The van der Waals surface area contributed by atoms with E-state index in [0.717, 1.165) is 16.8 Å². The van der Waals surface area contributed by atoms with Crippen LogP contribution in [-0.4, -0.2) is 91.0 Å². The second-order valence-corrected chi connectivity index (χ2v) is 11.3. The van der Waals surface area contributed by atoms with Gasteiger partial charge in [0, 0.05) is 63.5 Å². The summed E-state index contributed by atoms with van der Waals surface area (Å²) >= 11 is 13.1. The summed E-state index contributed by atoms with van der Waals surface area (Å²) in [6.07, 6.45) is 4.11. The van der Waals surface area contributed by atoms with Gasteiger partial charge >= 0.3 is 6.03 Å². The first kappa shape index (κ1) is 35.2. The molecule has 1 aliphatic rings. The fraction of sp³-hybridized carbons (Fsp3) is 0.303. The lowest BCUT2D eigenvalue weighted by atomic mass is 10.0. The monoisotopic (exact) mass is 681 g/mol. The molecule has 248 valence electrons. The van der Waals surface area contributed by atoms with Gasteiger partial charge in [0.25, 0.3) is 0 Å². The number of benzene rings is 2. The summed E-state index contributed by atoms with van der Waals surface area (Å²) < 4.78 is 10.7. The molecule has 2 N–H and O–H groups in total. The molecule has 0 aliphatic carbocycles. The van der Waals surface area contributed by atoms with Crippen LogP contribution in [0.25, 0.3) is 0 Å².